The van der Waals surface area contributed by atoms with Gasteiger partial charge in [0.1, 0.15) is 6.29 Å². The SMILES string of the molecule is C[C@@]12CC[C@H]3[C@@H]1C=C1C(=O)c4ccccc4C(=O)[C@]1(O2)[C@@]3(C)C=O. The number of Topliss-reactive ketones (excluding diaryl/α,β-unsaturated/α-hetero) is 2. The summed E-state index contributed by atoms with van der Waals surface area (Å²) < 4.78 is 6.43. The molecule has 3 aliphatic carbocycles. The summed E-state index contributed by atoms with van der Waals surface area (Å²) in [5, 5.41) is 0. The number of aldehydes is 1. The van der Waals surface area contributed by atoms with Crippen molar-refractivity contribution in [1.82, 2.24) is 0 Å². The van der Waals surface area contributed by atoms with Crippen LogP contribution in [0.25, 0.3) is 0 Å². The van der Waals surface area contributed by atoms with E-state index in [1.54, 1.807) is 31.2 Å². The molecular weight excluding hydrogens is 304 g/mol. The molecule has 6 rings (SSSR count). The number of carbonyl (C=O) groups is 3. The first kappa shape index (κ1) is 14.3. The molecule has 0 aromatic heterocycles. The topological polar surface area (TPSA) is 60.4 Å². The molecule has 1 saturated heterocycles. The summed E-state index contributed by atoms with van der Waals surface area (Å²) in [5.74, 6) is -0.369. The summed E-state index contributed by atoms with van der Waals surface area (Å²) in [4.78, 5) is 38.8. The Morgan fingerprint density at radius 3 is 2.58 bits per heavy atom. The van der Waals surface area contributed by atoms with Crippen molar-refractivity contribution >= 4 is 17.9 Å². The van der Waals surface area contributed by atoms with Crippen LogP contribution in [0.3, 0.4) is 0 Å². The first-order valence-corrected chi connectivity index (χ1v) is 8.46. The highest BCUT2D eigenvalue weighted by Crippen LogP contribution is 2.68. The van der Waals surface area contributed by atoms with Crippen LogP contribution in [0, 0.1) is 17.3 Å². The molecule has 1 saturated carbocycles. The Morgan fingerprint density at radius 2 is 1.88 bits per heavy atom. The minimum absolute atomic E-state index is 0.00610. The van der Waals surface area contributed by atoms with Gasteiger partial charge < -0.3 is 9.53 Å². The molecule has 0 unspecified atom stereocenters. The van der Waals surface area contributed by atoms with Crippen LogP contribution in [0.15, 0.2) is 35.9 Å². The van der Waals surface area contributed by atoms with Gasteiger partial charge in [0.15, 0.2) is 11.4 Å². The molecule has 122 valence electrons. The molecular formula is C20H18O4. The molecule has 0 amide bonds. The Hall–Kier alpha value is -2.07. The lowest BCUT2D eigenvalue weighted by Gasteiger charge is -2.61. The molecule has 2 fully saturated rings. The maximum Gasteiger partial charge on any atom is 0.201 e. The summed E-state index contributed by atoms with van der Waals surface area (Å²) >= 11 is 0. The van der Waals surface area contributed by atoms with E-state index in [4.69, 9.17) is 4.74 Å². The van der Waals surface area contributed by atoms with Crippen molar-refractivity contribution in [3.8, 4) is 0 Å². The van der Waals surface area contributed by atoms with Gasteiger partial charge in [-0.05, 0) is 32.6 Å². The highest BCUT2D eigenvalue weighted by molar-refractivity contribution is 6.28. The third-order valence-electron chi connectivity index (χ3n) is 6.96. The molecule has 4 heteroatoms. The van der Waals surface area contributed by atoms with E-state index in [1.165, 1.54) is 0 Å². The summed E-state index contributed by atoms with van der Waals surface area (Å²) in [6, 6.07) is 6.85. The van der Waals surface area contributed by atoms with Crippen LogP contribution >= 0.6 is 0 Å². The van der Waals surface area contributed by atoms with E-state index in [-0.39, 0.29) is 23.4 Å². The van der Waals surface area contributed by atoms with Crippen LogP contribution in [0.1, 0.15) is 47.4 Å². The van der Waals surface area contributed by atoms with Crippen LogP contribution in [-0.2, 0) is 9.53 Å². The van der Waals surface area contributed by atoms with Crippen molar-refractivity contribution in [3.63, 3.8) is 0 Å². The van der Waals surface area contributed by atoms with Crippen molar-refractivity contribution in [1.29, 1.82) is 0 Å². The Morgan fingerprint density at radius 1 is 1.17 bits per heavy atom. The first-order chi connectivity index (χ1) is 11.4. The number of hydrogen-bond donors (Lipinski definition) is 0. The van der Waals surface area contributed by atoms with Crippen LogP contribution < -0.4 is 0 Å². The maximum absolute atomic E-state index is 13.5. The normalized spacial score (nSPS) is 44.8. The van der Waals surface area contributed by atoms with E-state index in [1.807, 2.05) is 13.0 Å². The Labute approximate surface area is 139 Å². The van der Waals surface area contributed by atoms with E-state index < -0.39 is 16.6 Å². The third-order valence-corrected chi connectivity index (χ3v) is 6.96. The van der Waals surface area contributed by atoms with Crippen molar-refractivity contribution in [2.75, 3.05) is 0 Å². The number of ketones is 2. The lowest BCUT2D eigenvalue weighted by Crippen LogP contribution is -2.72. The standard InChI is InChI=1S/C20H18O4/c1-18(10-21)13-7-8-19(2)14(13)9-15-16(22)11-5-3-4-6-12(11)17(23)20(15,18)24-19/h3-6,9-10,13-14H,7-8H2,1-2H3/t13-,14-,18-,19+,20-/m0/s1. The highest BCUT2D eigenvalue weighted by atomic mass is 16.5. The van der Waals surface area contributed by atoms with Crippen molar-refractivity contribution in [2.24, 2.45) is 17.3 Å². The average molecular weight is 322 g/mol. The Kier molecular flexibility index (Phi) is 2.35. The maximum atomic E-state index is 13.5. The molecule has 1 spiro atoms. The van der Waals surface area contributed by atoms with Gasteiger partial charge >= 0.3 is 0 Å². The van der Waals surface area contributed by atoms with E-state index in [0.717, 1.165) is 19.1 Å². The fourth-order valence-corrected chi connectivity index (χ4v) is 5.69. The molecule has 1 aromatic carbocycles. The zero-order chi connectivity index (χ0) is 16.9. The van der Waals surface area contributed by atoms with Gasteiger partial charge in [0.25, 0.3) is 0 Å². The summed E-state index contributed by atoms with van der Waals surface area (Å²) in [6.45, 7) is 3.81. The Balaban J connectivity index is 1.89. The van der Waals surface area contributed by atoms with Gasteiger partial charge in [0, 0.05) is 22.6 Å². The second-order valence-corrected chi connectivity index (χ2v) is 7.95. The van der Waals surface area contributed by atoms with Gasteiger partial charge in [-0.25, -0.2) is 0 Å². The number of rotatable bonds is 1. The fourth-order valence-electron chi connectivity index (χ4n) is 5.69. The van der Waals surface area contributed by atoms with E-state index in [0.29, 0.717) is 16.7 Å². The van der Waals surface area contributed by atoms with E-state index in [2.05, 4.69) is 0 Å². The van der Waals surface area contributed by atoms with Gasteiger partial charge in [-0.3, -0.25) is 9.59 Å². The number of benzene rings is 1. The second-order valence-electron chi connectivity index (χ2n) is 7.95. The number of carbonyl (C=O) groups excluding carboxylic acids is 3. The molecule has 5 atom stereocenters. The minimum Gasteiger partial charge on any atom is -0.354 e. The largest absolute Gasteiger partial charge is 0.354 e. The quantitative estimate of drug-likeness (QED) is 0.746. The second kappa shape index (κ2) is 3.94. The first-order valence-electron chi connectivity index (χ1n) is 8.46. The van der Waals surface area contributed by atoms with Crippen molar-refractivity contribution in [3.05, 3.63) is 47.0 Å². The molecule has 0 radical (unpaired) electrons. The molecule has 2 heterocycles. The Bertz CT molecular complexity index is 868. The zero-order valence-electron chi connectivity index (χ0n) is 13.7. The van der Waals surface area contributed by atoms with Gasteiger partial charge in [-0.15, -0.1) is 0 Å². The van der Waals surface area contributed by atoms with E-state index in [9.17, 15) is 14.4 Å². The number of ether oxygens (including phenoxy) is 1. The molecule has 4 nitrogen and oxygen atoms in total. The monoisotopic (exact) mass is 322 g/mol. The van der Waals surface area contributed by atoms with Crippen molar-refractivity contribution in [2.45, 2.75) is 37.9 Å². The van der Waals surface area contributed by atoms with Gasteiger partial charge in [0.05, 0.1) is 11.0 Å². The predicted octanol–water partition coefficient (Wildman–Crippen LogP) is 2.76. The zero-order valence-corrected chi connectivity index (χ0v) is 13.7. The predicted molar refractivity (Wildman–Crippen MR) is 85.8 cm³/mol. The summed E-state index contributed by atoms with van der Waals surface area (Å²) in [5.41, 5.74) is -1.78. The molecule has 1 aromatic rings. The van der Waals surface area contributed by atoms with Crippen LogP contribution in [0.5, 0.6) is 0 Å². The van der Waals surface area contributed by atoms with Crippen LogP contribution in [-0.4, -0.2) is 29.1 Å². The minimum atomic E-state index is -1.47. The van der Waals surface area contributed by atoms with Crippen LogP contribution in [0.4, 0.5) is 0 Å². The third kappa shape index (κ3) is 1.21. The van der Waals surface area contributed by atoms with Crippen molar-refractivity contribution < 1.29 is 19.1 Å². The number of hydrogen-bond acceptors (Lipinski definition) is 4. The lowest BCUT2D eigenvalue weighted by atomic mass is 9.49. The fraction of sp³-hybridized carbons (Fsp3) is 0.450. The molecule has 2 aliphatic heterocycles. The summed E-state index contributed by atoms with van der Waals surface area (Å²) in [7, 11) is 0. The molecule has 24 heavy (non-hydrogen) atoms. The number of fused-ring (bicyclic) bond motifs is 1. The lowest BCUT2D eigenvalue weighted by molar-refractivity contribution is -0.219. The van der Waals surface area contributed by atoms with Gasteiger partial charge in [-0.1, -0.05) is 30.3 Å². The summed E-state index contributed by atoms with van der Waals surface area (Å²) in [6.07, 6.45) is 4.45. The highest BCUT2D eigenvalue weighted by Gasteiger charge is 2.76. The molecule has 4 bridgehead atoms. The van der Waals surface area contributed by atoms with Gasteiger partial charge in [0.2, 0.25) is 5.78 Å². The van der Waals surface area contributed by atoms with Gasteiger partial charge in [-0.2, -0.15) is 0 Å². The smallest absolute Gasteiger partial charge is 0.201 e. The molecule has 5 aliphatic rings. The van der Waals surface area contributed by atoms with Crippen LogP contribution in [0.2, 0.25) is 0 Å². The molecule has 0 N–H and O–H groups in total. The average Bonchev–Trinajstić information content (AvgIpc) is 2.90. The van der Waals surface area contributed by atoms with E-state index >= 15 is 0 Å².